The van der Waals surface area contributed by atoms with Crippen LogP contribution in [0, 0.1) is 0 Å². The Morgan fingerprint density at radius 1 is 1.29 bits per heavy atom. The van der Waals surface area contributed by atoms with Crippen molar-refractivity contribution in [3.05, 3.63) is 0 Å². The van der Waals surface area contributed by atoms with Crippen molar-refractivity contribution >= 4 is 0 Å². The van der Waals surface area contributed by atoms with Crippen LogP contribution in [0.2, 0.25) is 0 Å². The number of likely N-dealkylation sites (tertiary alicyclic amines) is 1. The van der Waals surface area contributed by atoms with Crippen molar-refractivity contribution in [2.45, 2.75) is 51.6 Å². The Morgan fingerprint density at radius 3 is 2.76 bits per heavy atom. The topological polar surface area (TPSA) is 18.5 Å². The lowest BCUT2D eigenvalue weighted by molar-refractivity contribution is 0.0904. The largest absolute Gasteiger partial charge is 0.315 e. The number of hydrogen-bond acceptors (Lipinski definition) is 3. The highest BCUT2D eigenvalue weighted by molar-refractivity contribution is 4.83. The van der Waals surface area contributed by atoms with E-state index in [-0.39, 0.29) is 0 Å². The average Bonchev–Trinajstić information content (AvgIpc) is 2.59. The minimum Gasteiger partial charge on any atom is -0.315 e. The number of piperidine rings is 1. The molecule has 2 heterocycles. The van der Waals surface area contributed by atoms with Crippen molar-refractivity contribution in [3.8, 4) is 0 Å². The van der Waals surface area contributed by atoms with E-state index in [4.69, 9.17) is 2.74 Å². The van der Waals surface area contributed by atoms with Crippen molar-refractivity contribution in [2.75, 3.05) is 39.2 Å². The van der Waals surface area contributed by atoms with Crippen molar-refractivity contribution < 1.29 is 2.74 Å². The van der Waals surface area contributed by atoms with Gasteiger partial charge in [-0.15, -0.1) is 0 Å². The molecule has 100 valence electrons. The molecular formula is C14H29N3. The lowest BCUT2D eigenvalue weighted by Crippen LogP contribution is -2.48. The van der Waals surface area contributed by atoms with Crippen LogP contribution in [0.3, 0.4) is 0 Å². The first-order valence-electron chi connectivity index (χ1n) is 8.26. The molecular weight excluding hydrogens is 210 g/mol. The summed E-state index contributed by atoms with van der Waals surface area (Å²) in [5.74, 6) is 0. The van der Waals surface area contributed by atoms with Crippen LogP contribution >= 0.6 is 0 Å². The van der Waals surface area contributed by atoms with Gasteiger partial charge in [-0.2, -0.15) is 0 Å². The number of rotatable bonds is 3. The summed E-state index contributed by atoms with van der Waals surface area (Å²) in [6.07, 6.45) is 4.05. The summed E-state index contributed by atoms with van der Waals surface area (Å²) in [5, 5.41) is 3.32. The van der Waals surface area contributed by atoms with Crippen LogP contribution in [0.4, 0.5) is 0 Å². The predicted molar refractivity (Wildman–Crippen MR) is 73.4 cm³/mol. The van der Waals surface area contributed by atoms with Crippen LogP contribution in [0.5, 0.6) is 0 Å². The fourth-order valence-corrected chi connectivity index (χ4v) is 2.90. The van der Waals surface area contributed by atoms with Gasteiger partial charge in [-0.05, 0) is 58.7 Å². The van der Waals surface area contributed by atoms with Crippen molar-refractivity contribution in [2.24, 2.45) is 0 Å². The molecule has 0 saturated carbocycles. The van der Waals surface area contributed by atoms with Crippen molar-refractivity contribution in [1.29, 1.82) is 0 Å². The molecule has 2 rings (SSSR count). The molecule has 0 amide bonds. The molecule has 0 radical (unpaired) electrons. The van der Waals surface area contributed by atoms with E-state index < -0.39 is 6.50 Å². The van der Waals surface area contributed by atoms with Gasteiger partial charge in [0.15, 0.2) is 0 Å². The molecule has 0 spiro atoms. The molecule has 0 aromatic carbocycles. The molecule has 1 atom stereocenters. The highest BCUT2D eigenvalue weighted by Gasteiger charge is 2.26. The molecule has 2 aliphatic heterocycles. The maximum atomic E-state index is 8.27. The Bertz CT molecular complexity index is 278. The van der Waals surface area contributed by atoms with E-state index >= 15 is 0 Å². The van der Waals surface area contributed by atoms with Gasteiger partial charge in [0, 0.05) is 27.9 Å². The Morgan fingerprint density at radius 2 is 2.06 bits per heavy atom. The maximum absolute atomic E-state index is 8.27. The molecule has 0 aliphatic carbocycles. The van der Waals surface area contributed by atoms with E-state index in [1.165, 1.54) is 6.42 Å². The van der Waals surface area contributed by atoms with Gasteiger partial charge in [-0.25, -0.2) is 0 Å². The second kappa shape index (κ2) is 6.72. The van der Waals surface area contributed by atoms with Gasteiger partial charge >= 0.3 is 0 Å². The Balaban J connectivity index is 1.92. The fraction of sp³-hybridized carbons (Fsp3) is 1.00. The van der Waals surface area contributed by atoms with Crippen LogP contribution < -0.4 is 5.32 Å². The summed E-state index contributed by atoms with van der Waals surface area (Å²) in [7, 11) is 0. The molecule has 0 bridgehead atoms. The van der Waals surface area contributed by atoms with Gasteiger partial charge < -0.3 is 10.2 Å². The normalized spacial score (nSPS) is 32.6. The quantitative estimate of drug-likeness (QED) is 0.809. The van der Waals surface area contributed by atoms with Gasteiger partial charge in [-0.3, -0.25) is 4.90 Å². The van der Waals surface area contributed by atoms with Crippen LogP contribution in [0.25, 0.3) is 0 Å². The molecule has 2 fully saturated rings. The predicted octanol–water partition coefficient (Wildman–Crippen LogP) is 1.54. The van der Waals surface area contributed by atoms with Gasteiger partial charge in [0.1, 0.15) is 0 Å². The summed E-state index contributed by atoms with van der Waals surface area (Å²) in [5.41, 5.74) is 0. The van der Waals surface area contributed by atoms with Crippen molar-refractivity contribution in [3.63, 3.8) is 0 Å². The van der Waals surface area contributed by atoms with E-state index in [0.29, 0.717) is 18.5 Å². The third-order valence-electron chi connectivity index (χ3n) is 4.30. The molecule has 2 saturated heterocycles. The molecule has 17 heavy (non-hydrogen) atoms. The van der Waals surface area contributed by atoms with Gasteiger partial charge in [0.25, 0.3) is 0 Å². The fourth-order valence-electron chi connectivity index (χ4n) is 2.90. The summed E-state index contributed by atoms with van der Waals surface area (Å²) in [4.78, 5) is 4.68. The van der Waals surface area contributed by atoms with Crippen LogP contribution in [-0.2, 0) is 0 Å². The van der Waals surface area contributed by atoms with Crippen LogP contribution in [0.15, 0.2) is 0 Å². The summed E-state index contributed by atoms with van der Waals surface area (Å²) in [6.45, 7) is 8.23. The van der Waals surface area contributed by atoms with Gasteiger partial charge in [-0.1, -0.05) is 6.92 Å². The SMILES string of the molecule is [2H]C1([2H])CCNCCN1C1CCN([C@H](C)CC)CC1. The lowest BCUT2D eigenvalue weighted by atomic mass is 10.0. The van der Waals surface area contributed by atoms with Gasteiger partial charge in [0.05, 0.1) is 0 Å². The molecule has 0 unspecified atom stereocenters. The second-order valence-electron chi connectivity index (χ2n) is 5.38. The first-order chi connectivity index (χ1) is 9.04. The van der Waals surface area contributed by atoms with E-state index in [9.17, 15) is 0 Å². The van der Waals surface area contributed by atoms with E-state index in [1.54, 1.807) is 0 Å². The zero-order valence-electron chi connectivity index (χ0n) is 13.4. The summed E-state index contributed by atoms with van der Waals surface area (Å²) < 4.78 is 16.5. The highest BCUT2D eigenvalue weighted by Crippen LogP contribution is 2.19. The second-order valence-corrected chi connectivity index (χ2v) is 5.38. The number of hydrogen-bond donors (Lipinski definition) is 1. The minimum absolute atomic E-state index is 0.426. The zero-order valence-corrected chi connectivity index (χ0v) is 11.4. The lowest BCUT2D eigenvalue weighted by Gasteiger charge is -2.40. The number of nitrogens with one attached hydrogen (secondary N) is 1. The molecule has 3 heteroatoms. The van der Waals surface area contributed by atoms with Crippen LogP contribution in [0.1, 0.15) is 42.3 Å². The summed E-state index contributed by atoms with van der Waals surface area (Å²) >= 11 is 0. The van der Waals surface area contributed by atoms with E-state index in [2.05, 4.69) is 29.0 Å². The molecule has 0 aromatic heterocycles. The Labute approximate surface area is 109 Å². The van der Waals surface area contributed by atoms with Crippen molar-refractivity contribution in [1.82, 2.24) is 15.1 Å². The Hall–Kier alpha value is -0.120. The van der Waals surface area contributed by atoms with E-state index in [0.717, 1.165) is 45.6 Å². The molecule has 2 aliphatic rings. The smallest absolute Gasteiger partial charge is 0.0431 e. The minimum atomic E-state index is -1.13. The molecule has 3 nitrogen and oxygen atoms in total. The highest BCUT2D eigenvalue weighted by atomic mass is 15.2. The molecule has 0 aromatic rings. The molecule has 1 N–H and O–H groups in total. The Kier molecular flexibility index (Phi) is 4.26. The van der Waals surface area contributed by atoms with Crippen LogP contribution in [-0.4, -0.2) is 61.1 Å². The van der Waals surface area contributed by atoms with E-state index in [1.807, 2.05) is 0 Å². The first-order valence-corrected chi connectivity index (χ1v) is 7.26. The monoisotopic (exact) mass is 241 g/mol. The third-order valence-corrected chi connectivity index (χ3v) is 4.30. The first kappa shape index (κ1) is 10.8. The zero-order chi connectivity index (χ0) is 13.9. The number of nitrogens with zero attached hydrogens (tertiary/aromatic N) is 2. The maximum Gasteiger partial charge on any atom is 0.0431 e. The standard InChI is InChI=1S/C14H29N3/c1-3-13(2)16-10-5-14(6-11-16)17-9-4-7-15-8-12-17/h13-15H,3-12H2,1-2H3/t13-/m1/s1/i9D2. The van der Waals surface area contributed by atoms with Gasteiger partial charge in [0.2, 0.25) is 0 Å². The average molecular weight is 241 g/mol. The third kappa shape index (κ3) is 3.67. The summed E-state index contributed by atoms with van der Waals surface area (Å²) in [6, 6.07) is 1.10.